The van der Waals surface area contributed by atoms with Crippen molar-refractivity contribution in [2.24, 2.45) is 5.14 Å². The summed E-state index contributed by atoms with van der Waals surface area (Å²) in [5, 5.41) is 7.83. The maximum atomic E-state index is 13.1. The summed E-state index contributed by atoms with van der Waals surface area (Å²) in [6.07, 6.45) is -0.233. The number of nitrogens with zero attached hydrogens (tertiary/aromatic N) is 1. The molecule has 1 atom stereocenters. The number of alkyl halides is 3. The van der Waals surface area contributed by atoms with Gasteiger partial charge in [0.25, 0.3) is 0 Å². The van der Waals surface area contributed by atoms with Crippen LogP contribution in [0.2, 0.25) is 0 Å². The van der Waals surface area contributed by atoms with Crippen LogP contribution in [0.25, 0.3) is 0 Å². The lowest BCUT2D eigenvalue weighted by atomic mass is 10.0. The minimum atomic E-state index is -4.79. The molecule has 3 N–H and O–H groups in total. The fourth-order valence-electron chi connectivity index (χ4n) is 3.27. The Hall–Kier alpha value is -1.32. The summed E-state index contributed by atoms with van der Waals surface area (Å²) in [6, 6.07) is 3.53. The number of benzene rings is 1. The van der Waals surface area contributed by atoms with Gasteiger partial charge in [0.05, 0.1) is 10.5 Å². The molecular formula is C16H24F3N3O2S. The van der Waals surface area contributed by atoms with Gasteiger partial charge < -0.3 is 5.32 Å². The molecule has 0 aliphatic carbocycles. The van der Waals surface area contributed by atoms with E-state index < -0.39 is 26.7 Å². The first-order valence-electron chi connectivity index (χ1n) is 8.35. The van der Waals surface area contributed by atoms with Crippen LogP contribution in [-0.2, 0) is 16.2 Å². The van der Waals surface area contributed by atoms with E-state index >= 15 is 0 Å². The maximum absolute atomic E-state index is 13.1. The molecule has 1 unspecified atom stereocenters. The van der Waals surface area contributed by atoms with Crippen LogP contribution in [0.15, 0.2) is 23.1 Å². The normalized spacial score (nSPS) is 19.8. The van der Waals surface area contributed by atoms with E-state index in [2.05, 4.69) is 17.1 Å². The summed E-state index contributed by atoms with van der Waals surface area (Å²) < 4.78 is 62.0. The Morgan fingerprint density at radius 2 is 2.04 bits per heavy atom. The third-order valence-electron chi connectivity index (χ3n) is 4.54. The van der Waals surface area contributed by atoms with Crippen LogP contribution in [0.3, 0.4) is 0 Å². The molecule has 0 bridgehead atoms. The quantitative estimate of drug-likeness (QED) is 0.797. The van der Waals surface area contributed by atoms with E-state index in [0.717, 1.165) is 44.5 Å². The molecule has 1 aliphatic rings. The topological polar surface area (TPSA) is 75.4 Å². The molecule has 9 heteroatoms. The van der Waals surface area contributed by atoms with E-state index in [1.54, 1.807) is 0 Å². The molecule has 5 nitrogen and oxygen atoms in total. The van der Waals surface area contributed by atoms with Crippen molar-refractivity contribution in [2.75, 3.05) is 25.0 Å². The number of nitrogens with two attached hydrogens (primary N) is 1. The number of sulfonamides is 1. The van der Waals surface area contributed by atoms with Gasteiger partial charge in [0.1, 0.15) is 0 Å². The molecule has 1 fully saturated rings. The van der Waals surface area contributed by atoms with Crippen molar-refractivity contribution in [3.05, 3.63) is 23.8 Å². The Labute approximate surface area is 146 Å². The first-order chi connectivity index (χ1) is 11.6. The van der Waals surface area contributed by atoms with Crippen LogP contribution in [0, 0.1) is 0 Å². The van der Waals surface area contributed by atoms with E-state index in [1.165, 1.54) is 12.5 Å². The van der Waals surface area contributed by atoms with Crippen molar-refractivity contribution in [3.63, 3.8) is 0 Å². The SMILES string of the molecule is CCC1CCCCN1CCNc1ccc(S(N)(=O)=O)c(C(F)(F)F)c1. The Morgan fingerprint density at radius 1 is 1.32 bits per heavy atom. The van der Waals surface area contributed by atoms with Gasteiger partial charge in [-0.25, -0.2) is 13.6 Å². The number of hydrogen-bond acceptors (Lipinski definition) is 4. The maximum Gasteiger partial charge on any atom is 0.417 e. The number of anilines is 1. The van der Waals surface area contributed by atoms with Gasteiger partial charge in [-0.05, 0) is 44.0 Å². The van der Waals surface area contributed by atoms with Gasteiger partial charge >= 0.3 is 6.18 Å². The summed E-state index contributed by atoms with van der Waals surface area (Å²) in [4.78, 5) is 1.44. The molecule has 25 heavy (non-hydrogen) atoms. The second-order valence-electron chi connectivity index (χ2n) is 6.27. The molecule has 0 amide bonds. The Morgan fingerprint density at radius 3 is 2.64 bits per heavy atom. The number of halogens is 3. The zero-order chi connectivity index (χ0) is 18.7. The minimum absolute atomic E-state index is 0.227. The van der Waals surface area contributed by atoms with E-state index in [-0.39, 0.29) is 5.69 Å². The highest BCUT2D eigenvalue weighted by Crippen LogP contribution is 2.35. The number of nitrogens with one attached hydrogen (secondary N) is 1. The first kappa shape index (κ1) is 20.0. The third-order valence-corrected chi connectivity index (χ3v) is 5.51. The highest BCUT2D eigenvalue weighted by molar-refractivity contribution is 7.89. The predicted molar refractivity (Wildman–Crippen MR) is 90.8 cm³/mol. The summed E-state index contributed by atoms with van der Waals surface area (Å²) in [7, 11) is -4.44. The average molecular weight is 379 g/mol. The van der Waals surface area contributed by atoms with Crippen molar-refractivity contribution in [1.82, 2.24) is 4.90 Å². The standard InChI is InChI=1S/C16H24F3N3O2S/c1-2-13-5-3-4-9-22(13)10-8-21-12-6-7-15(25(20,23)24)14(11-12)16(17,18)19/h6-7,11,13,21H,2-5,8-10H2,1H3,(H2,20,23,24). The summed E-state index contributed by atoms with van der Waals surface area (Å²) in [6.45, 7) is 4.36. The van der Waals surface area contributed by atoms with E-state index in [0.29, 0.717) is 12.6 Å². The van der Waals surface area contributed by atoms with Crippen molar-refractivity contribution >= 4 is 15.7 Å². The molecule has 1 saturated heterocycles. The number of hydrogen-bond donors (Lipinski definition) is 2. The zero-order valence-electron chi connectivity index (χ0n) is 14.1. The minimum Gasteiger partial charge on any atom is -0.384 e. The lowest BCUT2D eigenvalue weighted by Crippen LogP contribution is -2.41. The number of rotatable bonds is 6. The number of piperidine rings is 1. The number of likely N-dealkylation sites (tertiary alicyclic amines) is 1. The molecule has 0 radical (unpaired) electrons. The molecule has 1 aromatic carbocycles. The van der Waals surface area contributed by atoms with Gasteiger partial charge in [-0.3, -0.25) is 4.90 Å². The highest BCUT2D eigenvalue weighted by atomic mass is 32.2. The molecular weight excluding hydrogens is 355 g/mol. The van der Waals surface area contributed by atoms with Gasteiger partial charge in [0, 0.05) is 24.8 Å². The largest absolute Gasteiger partial charge is 0.417 e. The van der Waals surface area contributed by atoms with Gasteiger partial charge in [-0.15, -0.1) is 0 Å². The summed E-state index contributed by atoms with van der Waals surface area (Å²) in [5.74, 6) is 0. The zero-order valence-corrected chi connectivity index (χ0v) is 15.0. The molecule has 0 saturated carbocycles. The van der Waals surface area contributed by atoms with E-state index in [9.17, 15) is 21.6 Å². The van der Waals surface area contributed by atoms with Gasteiger partial charge in [0.2, 0.25) is 10.0 Å². The molecule has 142 valence electrons. The van der Waals surface area contributed by atoms with Crippen LogP contribution in [0.5, 0.6) is 0 Å². The third kappa shape index (κ3) is 5.32. The van der Waals surface area contributed by atoms with Gasteiger partial charge in [0.15, 0.2) is 0 Å². The van der Waals surface area contributed by atoms with Crippen molar-refractivity contribution in [3.8, 4) is 0 Å². The lowest BCUT2D eigenvalue weighted by molar-refractivity contribution is -0.139. The second-order valence-corrected chi connectivity index (χ2v) is 7.80. The average Bonchev–Trinajstić information content (AvgIpc) is 2.53. The Balaban J connectivity index is 2.08. The smallest absolute Gasteiger partial charge is 0.384 e. The first-order valence-corrected chi connectivity index (χ1v) is 9.89. The summed E-state index contributed by atoms with van der Waals surface area (Å²) in [5.41, 5.74) is -1.02. The van der Waals surface area contributed by atoms with E-state index in [4.69, 9.17) is 5.14 Å². The van der Waals surface area contributed by atoms with Crippen LogP contribution >= 0.6 is 0 Å². The molecule has 0 aromatic heterocycles. The van der Waals surface area contributed by atoms with Crippen molar-refractivity contribution in [2.45, 2.75) is 49.7 Å². The van der Waals surface area contributed by atoms with Crippen LogP contribution < -0.4 is 10.5 Å². The number of primary sulfonamides is 1. The fraction of sp³-hybridized carbons (Fsp3) is 0.625. The second kappa shape index (κ2) is 7.92. The van der Waals surface area contributed by atoms with Crippen LogP contribution in [-0.4, -0.2) is 39.0 Å². The Kier molecular flexibility index (Phi) is 6.34. The van der Waals surface area contributed by atoms with E-state index in [1.807, 2.05) is 0 Å². The highest BCUT2D eigenvalue weighted by Gasteiger charge is 2.36. The van der Waals surface area contributed by atoms with Crippen LogP contribution in [0.4, 0.5) is 18.9 Å². The molecule has 0 spiro atoms. The van der Waals surface area contributed by atoms with Crippen LogP contribution in [0.1, 0.15) is 38.2 Å². The Bertz CT molecular complexity index is 692. The molecule has 1 aliphatic heterocycles. The van der Waals surface area contributed by atoms with Gasteiger partial charge in [-0.1, -0.05) is 13.3 Å². The molecule has 2 rings (SSSR count). The van der Waals surface area contributed by atoms with Gasteiger partial charge in [-0.2, -0.15) is 13.2 Å². The monoisotopic (exact) mass is 379 g/mol. The van der Waals surface area contributed by atoms with Crippen molar-refractivity contribution in [1.29, 1.82) is 0 Å². The fourth-order valence-corrected chi connectivity index (χ4v) is 4.01. The predicted octanol–water partition coefficient (Wildman–Crippen LogP) is 3.03. The lowest BCUT2D eigenvalue weighted by Gasteiger charge is -2.35. The summed E-state index contributed by atoms with van der Waals surface area (Å²) >= 11 is 0. The van der Waals surface area contributed by atoms with Crippen molar-refractivity contribution < 1.29 is 21.6 Å². The molecule has 1 aromatic rings. The molecule has 1 heterocycles.